The Labute approximate surface area is 155 Å². The number of nitrogens with zero attached hydrogens (tertiary/aromatic N) is 3. The Kier molecular flexibility index (Phi) is 4.86. The Balaban J connectivity index is 2.03. The first-order valence-electron chi connectivity index (χ1n) is 8.22. The molecule has 0 N–H and O–H groups in total. The number of benzene rings is 2. The van der Waals surface area contributed by atoms with Crippen molar-refractivity contribution in [3.8, 4) is 11.8 Å². The van der Waals surface area contributed by atoms with E-state index in [1.165, 1.54) is 24.3 Å². The molecular weight excluding hydrogens is 345 g/mol. The third-order valence-corrected chi connectivity index (χ3v) is 4.36. The van der Waals surface area contributed by atoms with E-state index in [9.17, 15) is 19.8 Å². The molecule has 0 aliphatic carbocycles. The van der Waals surface area contributed by atoms with E-state index < -0.39 is 4.92 Å². The van der Waals surface area contributed by atoms with Crippen molar-refractivity contribution >= 4 is 17.3 Å². The first-order valence-corrected chi connectivity index (χ1v) is 8.22. The molecule has 6 heteroatoms. The highest BCUT2D eigenvalue weighted by molar-refractivity contribution is 5.90. The maximum atomic E-state index is 13.2. The Morgan fingerprint density at radius 1 is 1.15 bits per heavy atom. The average molecular weight is 361 g/mol. The van der Waals surface area contributed by atoms with Gasteiger partial charge in [-0.3, -0.25) is 10.1 Å². The van der Waals surface area contributed by atoms with Gasteiger partial charge in [-0.05, 0) is 73.5 Å². The van der Waals surface area contributed by atoms with E-state index >= 15 is 0 Å². The molecule has 3 aromatic rings. The van der Waals surface area contributed by atoms with Crippen LogP contribution in [0.2, 0.25) is 0 Å². The summed E-state index contributed by atoms with van der Waals surface area (Å²) in [6.45, 7) is 3.86. The lowest BCUT2D eigenvalue weighted by Gasteiger charge is -2.09. The maximum absolute atomic E-state index is 13.2. The van der Waals surface area contributed by atoms with E-state index in [0.29, 0.717) is 11.1 Å². The van der Waals surface area contributed by atoms with Gasteiger partial charge in [0, 0.05) is 29.2 Å². The van der Waals surface area contributed by atoms with Gasteiger partial charge in [-0.25, -0.2) is 4.39 Å². The second-order valence-electron chi connectivity index (χ2n) is 6.11. The van der Waals surface area contributed by atoms with Crippen LogP contribution in [-0.4, -0.2) is 9.49 Å². The summed E-state index contributed by atoms with van der Waals surface area (Å²) in [5, 5.41) is 20.3. The largest absolute Gasteiger partial charge is 0.318 e. The lowest BCUT2D eigenvalue weighted by molar-refractivity contribution is -0.384. The molecule has 0 saturated heterocycles. The van der Waals surface area contributed by atoms with Crippen LogP contribution in [0.3, 0.4) is 0 Å². The van der Waals surface area contributed by atoms with Gasteiger partial charge < -0.3 is 4.57 Å². The number of nitro benzene ring substituents is 1. The molecule has 0 unspecified atom stereocenters. The number of aromatic nitrogens is 1. The van der Waals surface area contributed by atoms with Gasteiger partial charge in [-0.1, -0.05) is 0 Å². The Bertz CT molecular complexity index is 1070. The van der Waals surface area contributed by atoms with E-state index in [0.717, 1.165) is 22.6 Å². The normalized spacial score (nSPS) is 11.3. The lowest BCUT2D eigenvalue weighted by atomic mass is 10.0. The van der Waals surface area contributed by atoms with Gasteiger partial charge in [0.25, 0.3) is 5.69 Å². The highest BCUT2D eigenvalue weighted by Crippen LogP contribution is 2.26. The van der Waals surface area contributed by atoms with Crippen molar-refractivity contribution in [2.24, 2.45) is 0 Å². The zero-order valence-corrected chi connectivity index (χ0v) is 14.8. The molecule has 0 atom stereocenters. The van der Waals surface area contributed by atoms with Crippen LogP contribution < -0.4 is 0 Å². The zero-order valence-electron chi connectivity index (χ0n) is 14.8. The lowest BCUT2D eigenvalue weighted by Crippen LogP contribution is -1.99. The van der Waals surface area contributed by atoms with Gasteiger partial charge in [0.05, 0.1) is 16.6 Å². The fourth-order valence-corrected chi connectivity index (χ4v) is 3.02. The average Bonchev–Trinajstić information content (AvgIpc) is 2.94. The van der Waals surface area contributed by atoms with Crippen LogP contribution >= 0.6 is 0 Å². The molecule has 1 heterocycles. The van der Waals surface area contributed by atoms with Crippen molar-refractivity contribution in [1.82, 2.24) is 4.57 Å². The number of hydrogen-bond donors (Lipinski definition) is 0. The third-order valence-electron chi connectivity index (χ3n) is 4.36. The predicted octanol–water partition coefficient (Wildman–Crippen LogP) is 5.21. The van der Waals surface area contributed by atoms with Crippen molar-refractivity contribution in [2.75, 3.05) is 0 Å². The number of halogens is 1. The Morgan fingerprint density at radius 3 is 2.33 bits per heavy atom. The SMILES string of the molecule is Cc1cc(C=C(C#N)c2ccc([N+](=O)[O-])cc2)c(C)n1-c1ccc(F)cc1. The molecule has 0 fully saturated rings. The van der Waals surface area contributed by atoms with Crippen molar-refractivity contribution in [3.63, 3.8) is 0 Å². The monoisotopic (exact) mass is 361 g/mol. The fraction of sp³-hybridized carbons (Fsp3) is 0.0952. The molecule has 1 aromatic heterocycles. The summed E-state index contributed by atoms with van der Waals surface area (Å²) >= 11 is 0. The van der Waals surface area contributed by atoms with Crippen molar-refractivity contribution in [3.05, 3.63) is 93.0 Å². The minimum Gasteiger partial charge on any atom is -0.318 e. The molecule has 3 rings (SSSR count). The van der Waals surface area contributed by atoms with E-state index in [-0.39, 0.29) is 11.5 Å². The van der Waals surface area contributed by atoms with Gasteiger partial charge in [0.1, 0.15) is 5.82 Å². The molecule has 0 aliphatic heterocycles. The van der Waals surface area contributed by atoms with Crippen LogP contribution in [0.25, 0.3) is 17.3 Å². The first-order chi connectivity index (χ1) is 12.9. The number of nitriles is 1. The van der Waals surface area contributed by atoms with E-state index in [1.54, 1.807) is 30.3 Å². The van der Waals surface area contributed by atoms with Gasteiger partial charge >= 0.3 is 0 Å². The summed E-state index contributed by atoms with van der Waals surface area (Å²) in [5.41, 5.74) is 4.54. The van der Waals surface area contributed by atoms with Crippen LogP contribution in [0.4, 0.5) is 10.1 Å². The number of hydrogen-bond acceptors (Lipinski definition) is 3. The maximum Gasteiger partial charge on any atom is 0.269 e. The second kappa shape index (κ2) is 7.26. The second-order valence-corrected chi connectivity index (χ2v) is 6.11. The molecule has 0 spiro atoms. The number of aryl methyl sites for hydroxylation is 1. The van der Waals surface area contributed by atoms with Crippen LogP contribution in [0, 0.1) is 41.1 Å². The van der Waals surface area contributed by atoms with Gasteiger partial charge in [-0.15, -0.1) is 0 Å². The zero-order chi connectivity index (χ0) is 19.6. The molecule has 0 amide bonds. The number of nitro groups is 1. The molecule has 2 aromatic carbocycles. The highest BCUT2D eigenvalue weighted by Gasteiger charge is 2.12. The standard InChI is InChI=1S/C21H16FN3O2/c1-14-11-17(15(2)24(14)20-9-5-19(22)6-10-20)12-18(13-23)16-3-7-21(8-4-16)25(26)27/h3-12H,1-2H3. The van der Waals surface area contributed by atoms with Crippen LogP contribution in [0.5, 0.6) is 0 Å². The van der Waals surface area contributed by atoms with Crippen LogP contribution in [0.15, 0.2) is 54.6 Å². The molecule has 0 aliphatic rings. The van der Waals surface area contributed by atoms with E-state index in [2.05, 4.69) is 6.07 Å². The fourth-order valence-electron chi connectivity index (χ4n) is 3.02. The summed E-state index contributed by atoms with van der Waals surface area (Å²) in [6.07, 6.45) is 1.75. The molecule has 0 saturated carbocycles. The number of rotatable bonds is 4. The van der Waals surface area contributed by atoms with Crippen LogP contribution in [0.1, 0.15) is 22.5 Å². The predicted molar refractivity (Wildman–Crippen MR) is 102 cm³/mol. The summed E-state index contributed by atoms with van der Waals surface area (Å²) < 4.78 is 15.2. The topological polar surface area (TPSA) is 71.9 Å². The third kappa shape index (κ3) is 3.62. The summed E-state index contributed by atoms with van der Waals surface area (Å²) in [7, 11) is 0. The summed E-state index contributed by atoms with van der Waals surface area (Å²) in [6, 6.07) is 16.2. The quantitative estimate of drug-likeness (QED) is 0.364. The Hall–Kier alpha value is -3.72. The number of allylic oxidation sites excluding steroid dienone is 1. The van der Waals surface area contributed by atoms with Crippen molar-refractivity contribution < 1.29 is 9.31 Å². The van der Waals surface area contributed by atoms with Gasteiger partial charge in [0.15, 0.2) is 0 Å². The van der Waals surface area contributed by atoms with E-state index in [4.69, 9.17) is 0 Å². The van der Waals surface area contributed by atoms with E-state index in [1.807, 2.05) is 24.5 Å². The molecule has 0 radical (unpaired) electrons. The molecular formula is C21H16FN3O2. The Morgan fingerprint density at radius 2 is 1.78 bits per heavy atom. The van der Waals surface area contributed by atoms with Crippen molar-refractivity contribution in [1.29, 1.82) is 5.26 Å². The molecule has 5 nitrogen and oxygen atoms in total. The first kappa shape index (κ1) is 18.1. The summed E-state index contributed by atoms with van der Waals surface area (Å²) in [5.74, 6) is -0.300. The smallest absolute Gasteiger partial charge is 0.269 e. The molecule has 27 heavy (non-hydrogen) atoms. The highest BCUT2D eigenvalue weighted by atomic mass is 19.1. The van der Waals surface area contributed by atoms with Crippen molar-refractivity contribution in [2.45, 2.75) is 13.8 Å². The minimum absolute atomic E-state index is 0.0227. The summed E-state index contributed by atoms with van der Waals surface area (Å²) in [4.78, 5) is 10.3. The molecule has 134 valence electrons. The molecule has 0 bridgehead atoms. The minimum atomic E-state index is -0.476. The van der Waals surface area contributed by atoms with Crippen LogP contribution in [-0.2, 0) is 0 Å². The van der Waals surface area contributed by atoms with Gasteiger partial charge in [0.2, 0.25) is 0 Å². The number of non-ortho nitro benzene ring substituents is 1. The van der Waals surface area contributed by atoms with Gasteiger partial charge in [-0.2, -0.15) is 5.26 Å².